The van der Waals surface area contributed by atoms with Crippen LogP contribution in [0.3, 0.4) is 0 Å². The third-order valence-electron chi connectivity index (χ3n) is 3.20. The number of rotatable bonds is 3. The van der Waals surface area contributed by atoms with E-state index in [0.717, 1.165) is 11.3 Å². The van der Waals surface area contributed by atoms with E-state index in [-0.39, 0.29) is 23.6 Å². The van der Waals surface area contributed by atoms with E-state index in [0.29, 0.717) is 5.52 Å². The first-order valence-corrected chi connectivity index (χ1v) is 7.01. The van der Waals surface area contributed by atoms with Gasteiger partial charge in [-0.2, -0.15) is 4.98 Å². The number of fused-ring (bicyclic) bond motifs is 1. The Morgan fingerprint density at radius 2 is 1.91 bits per heavy atom. The summed E-state index contributed by atoms with van der Waals surface area (Å²) < 4.78 is 1.75. The molecule has 1 N–H and O–H groups in total. The predicted octanol–water partition coefficient (Wildman–Crippen LogP) is 2.36. The molecule has 0 atom stereocenters. The number of benzene rings is 1. The summed E-state index contributed by atoms with van der Waals surface area (Å²) in [4.78, 5) is 25.0. The van der Waals surface area contributed by atoms with Gasteiger partial charge in [-0.3, -0.25) is 15.1 Å². The second-order valence-corrected chi connectivity index (χ2v) is 5.22. The number of carbonyl (C=O) groups is 1. The third kappa shape index (κ3) is 2.65. The minimum absolute atomic E-state index is 0.179. The van der Waals surface area contributed by atoms with Crippen LogP contribution < -0.4 is 5.32 Å². The quantitative estimate of drug-likeness (QED) is 0.802. The van der Waals surface area contributed by atoms with Crippen molar-refractivity contribution < 1.29 is 4.79 Å². The van der Waals surface area contributed by atoms with Gasteiger partial charge in [-0.1, -0.05) is 12.1 Å². The molecule has 7 nitrogen and oxygen atoms in total. The van der Waals surface area contributed by atoms with Crippen LogP contribution in [0, 0.1) is 6.92 Å². The minimum atomic E-state index is -0.376. The SMILES string of the molecule is Cc1nc(NC(=O)c2cnc3ccccc3n2)nn1C(C)C. The fourth-order valence-electron chi connectivity index (χ4n) is 2.18. The Hall–Kier alpha value is -2.83. The van der Waals surface area contributed by atoms with Crippen LogP contribution in [0.2, 0.25) is 0 Å². The number of para-hydroxylation sites is 2. The summed E-state index contributed by atoms with van der Waals surface area (Å²) in [6.45, 7) is 5.85. The molecule has 0 saturated carbocycles. The van der Waals surface area contributed by atoms with Gasteiger partial charge < -0.3 is 0 Å². The highest BCUT2D eigenvalue weighted by Gasteiger charge is 2.14. The van der Waals surface area contributed by atoms with Crippen molar-refractivity contribution in [3.8, 4) is 0 Å². The molecule has 3 rings (SSSR count). The lowest BCUT2D eigenvalue weighted by molar-refractivity contribution is 0.102. The van der Waals surface area contributed by atoms with Crippen molar-refractivity contribution in [2.45, 2.75) is 26.8 Å². The highest BCUT2D eigenvalue weighted by atomic mass is 16.2. The molecule has 0 fully saturated rings. The van der Waals surface area contributed by atoms with Gasteiger partial charge in [-0.25, -0.2) is 9.67 Å². The maximum Gasteiger partial charge on any atom is 0.278 e. The van der Waals surface area contributed by atoms with Crippen molar-refractivity contribution in [3.63, 3.8) is 0 Å². The molecule has 0 aliphatic heterocycles. The highest BCUT2D eigenvalue weighted by molar-refractivity contribution is 6.02. The zero-order valence-electron chi connectivity index (χ0n) is 12.6. The van der Waals surface area contributed by atoms with E-state index in [4.69, 9.17) is 0 Å². The lowest BCUT2D eigenvalue weighted by Crippen LogP contribution is -2.15. The second-order valence-electron chi connectivity index (χ2n) is 5.22. The molecule has 112 valence electrons. The molecule has 1 amide bonds. The Morgan fingerprint density at radius 1 is 1.18 bits per heavy atom. The minimum Gasteiger partial charge on any atom is -0.288 e. The molecule has 2 aromatic heterocycles. The number of aryl methyl sites for hydroxylation is 1. The van der Waals surface area contributed by atoms with Crippen LogP contribution in [-0.4, -0.2) is 30.6 Å². The first-order chi connectivity index (χ1) is 10.5. The number of nitrogens with one attached hydrogen (secondary N) is 1. The maximum atomic E-state index is 12.2. The second kappa shape index (κ2) is 5.51. The first-order valence-electron chi connectivity index (χ1n) is 7.01. The van der Waals surface area contributed by atoms with Crippen LogP contribution in [0.25, 0.3) is 11.0 Å². The molecule has 0 aliphatic carbocycles. The zero-order valence-corrected chi connectivity index (χ0v) is 12.6. The van der Waals surface area contributed by atoms with Gasteiger partial charge >= 0.3 is 0 Å². The molecule has 0 bridgehead atoms. The van der Waals surface area contributed by atoms with Crippen molar-refractivity contribution in [1.82, 2.24) is 24.7 Å². The summed E-state index contributed by atoms with van der Waals surface area (Å²) in [6, 6.07) is 7.57. The number of hydrogen-bond donors (Lipinski definition) is 1. The van der Waals surface area contributed by atoms with Crippen molar-refractivity contribution in [3.05, 3.63) is 42.0 Å². The molecular weight excluding hydrogens is 280 g/mol. The van der Waals surface area contributed by atoms with Crippen LogP contribution in [0.5, 0.6) is 0 Å². The largest absolute Gasteiger partial charge is 0.288 e. The van der Waals surface area contributed by atoms with E-state index in [9.17, 15) is 4.79 Å². The van der Waals surface area contributed by atoms with Gasteiger partial charge in [0.1, 0.15) is 11.5 Å². The van der Waals surface area contributed by atoms with Gasteiger partial charge in [0.25, 0.3) is 5.91 Å². The van der Waals surface area contributed by atoms with Gasteiger partial charge in [0.15, 0.2) is 0 Å². The van der Waals surface area contributed by atoms with E-state index in [1.807, 2.05) is 45.0 Å². The van der Waals surface area contributed by atoms with E-state index in [2.05, 4.69) is 25.4 Å². The molecular formula is C15H16N6O. The fourth-order valence-corrected chi connectivity index (χ4v) is 2.18. The Bertz CT molecular complexity index is 839. The first kappa shape index (κ1) is 14.1. The normalized spacial score (nSPS) is 11.1. The van der Waals surface area contributed by atoms with Gasteiger partial charge in [-0.15, -0.1) is 5.10 Å². The number of anilines is 1. The Kier molecular flexibility index (Phi) is 3.54. The van der Waals surface area contributed by atoms with Crippen LogP contribution >= 0.6 is 0 Å². The molecule has 0 saturated heterocycles. The summed E-state index contributed by atoms with van der Waals surface area (Å²) in [6.07, 6.45) is 1.45. The summed E-state index contributed by atoms with van der Waals surface area (Å²) in [5.41, 5.74) is 1.65. The highest BCUT2D eigenvalue weighted by Crippen LogP contribution is 2.12. The molecule has 22 heavy (non-hydrogen) atoms. The van der Waals surface area contributed by atoms with E-state index in [1.54, 1.807) is 4.68 Å². The smallest absolute Gasteiger partial charge is 0.278 e. The molecule has 0 radical (unpaired) electrons. The predicted molar refractivity (Wildman–Crippen MR) is 82.6 cm³/mol. The summed E-state index contributed by atoms with van der Waals surface area (Å²) >= 11 is 0. The Morgan fingerprint density at radius 3 is 2.59 bits per heavy atom. The number of nitrogens with zero attached hydrogens (tertiary/aromatic N) is 5. The average Bonchev–Trinajstić information content (AvgIpc) is 2.87. The Labute approximate surface area is 127 Å². The number of hydrogen-bond acceptors (Lipinski definition) is 5. The van der Waals surface area contributed by atoms with Gasteiger partial charge in [0.2, 0.25) is 5.95 Å². The summed E-state index contributed by atoms with van der Waals surface area (Å²) in [5, 5.41) is 6.92. The third-order valence-corrected chi connectivity index (χ3v) is 3.20. The standard InChI is InChI=1S/C15H16N6O/c1-9(2)21-10(3)17-15(20-21)19-14(22)13-8-16-11-6-4-5-7-12(11)18-13/h4-9H,1-3H3,(H,19,20,22). The molecule has 7 heteroatoms. The van der Waals surface area contributed by atoms with Crippen LogP contribution in [-0.2, 0) is 0 Å². The fraction of sp³-hybridized carbons (Fsp3) is 0.267. The van der Waals surface area contributed by atoms with Crippen molar-refractivity contribution in [1.29, 1.82) is 0 Å². The lowest BCUT2D eigenvalue weighted by atomic mass is 10.3. The average molecular weight is 296 g/mol. The zero-order chi connectivity index (χ0) is 15.7. The summed E-state index contributed by atoms with van der Waals surface area (Å²) in [5.74, 6) is 0.639. The van der Waals surface area contributed by atoms with Crippen LogP contribution in [0.15, 0.2) is 30.5 Å². The number of carbonyl (C=O) groups excluding carboxylic acids is 1. The lowest BCUT2D eigenvalue weighted by Gasteiger charge is -2.05. The molecule has 1 aromatic carbocycles. The maximum absolute atomic E-state index is 12.2. The van der Waals surface area contributed by atoms with Gasteiger partial charge in [-0.05, 0) is 32.9 Å². The van der Waals surface area contributed by atoms with E-state index in [1.165, 1.54) is 6.20 Å². The van der Waals surface area contributed by atoms with Crippen LogP contribution in [0.1, 0.15) is 36.2 Å². The molecule has 2 heterocycles. The summed E-state index contributed by atoms with van der Waals surface area (Å²) in [7, 11) is 0. The molecule has 0 unspecified atom stereocenters. The van der Waals surface area contributed by atoms with E-state index >= 15 is 0 Å². The molecule has 3 aromatic rings. The number of amides is 1. The van der Waals surface area contributed by atoms with Gasteiger partial charge in [0, 0.05) is 6.04 Å². The van der Waals surface area contributed by atoms with Gasteiger partial charge in [0.05, 0.1) is 17.2 Å². The number of aromatic nitrogens is 5. The van der Waals surface area contributed by atoms with Crippen molar-refractivity contribution in [2.24, 2.45) is 0 Å². The van der Waals surface area contributed by atoms with Crippen LogP contribution in [0.4, 0.5) is 5.95 Å². The molecule has 0 spiro atoms. The van der Waals surface area contributed by atoms with Crippen molar-refractivity contribution >= 4 is 22.9 Å². The van der Waals surface area contributed by atoms with E-state index < -0.39 is 0 Å². The monoisotopic (exact) mass is 296 g/mol. The van der Waals surface area contributed by atoms with Crippen molar-refractivity contribution in [2.75, 3.05) is 5.32 Å². The Balaban J connectivity index is 1.85. The topological polar surface area (TPSA) is 85.6 Å². The molecule has 0 aliphatic rings.